The summed E-state index contributed by atoms with van der Waals surface area (Å²) >= 11 is 0. The van der Waals surface area contributed by atoms with Gasteiger partial charge in [0, 0.05) is 6.07 Å². The summed E-state index contributed by atoms with van der Waals surface area (Å²) in [6.07, 6.45) is 0. The van der Waals surface area contributed by atoms with Gasteiger partial charge in [-0.25, -0.2) is 0 Å². The zero-order valence-corrected chi connectivity index (χ0v) is 7.16. The summed E-state index contributed by atoms with van der Waals surface area (Å²) in [5.74, 6) is 0.991. The third-order valence-corrected chi connectivity index (χ3v) is 1.52. The Morgan fingerprint density at radius 1 is 1.44 bits per heavy atom. The molecule has 1 aromatic rings. The molecule has 0 aromatic heterocycles. The highest BCUT2D eigenvalue weighted by molar-refractivity contribution is 5.99. The molecule has 0 saturated carbocycles. The largest absolute Gasteiger partial charge is 0.553 e. The molecule has 0 amide bonds. The average Bonchev–Trinajstić information content (AvgIpc) is 1.88. The van der Waals surface area contributed by atoms with Gasteiger partial charge in [0.2, 0.25) is 10.5 Å². The molecule has 0 aliphatic carbocycles. The molecule has 0 atom stereocenters. The fourth-order valence-electron chi connectivity index (χ4n) is 0.610. The zero-order valence-electron chi connectivity index (χ0n) is 5.16. The predicted octanol–water partition coefficient (Wildman–Crippen LogP) is 0.0514. The molecule has 48 valence electrons. The molecule has 0 fully saturated rings. The number of hydrogen-bond donors (Lipinski definition) is 1. The molecule has 0 bridgehead atoms. The third-order valence-electron chi connectivity index (χ3n) is 1.05. The van der Waals surface area contributed by atoms with Crippen molar-refractivity contribution in [1.29, 1.82) is 0 Å². The molecule has 1 aromatic carbocycles. The lowest BCUT2D eigenvalue weighted by atomic mass is 10.3. The smallest absolute Gasteiger partial charge is 0.204 e. The standard InChI is InChI=1S/C6H8O2Si/c7-5-2-1-3-6(4-5)8-9/h1-4,7H,9H3. The van der Waals surface area contributed by atoms with E-state index in [4.69, 9.17) is 9.53 Å². The Labute approximate surface area is 56.6 Å². The van der Waals surface area contributed by atoms with E-state index in [0.29, 0.717) is 10.5 Å². The predicted molar refractivity (Wildman–Crippen MR) is 38.7 cm³/mol. The van der Waals surface area contributed by atoms with Crippen molar-refractivity contribution in [2.24, 2.45) is 0 Å². The highest BCUT2D eigenvalue weighted by Crippen LogP contribution is 2.16. The van der Waals surface area contributed by atoms with Crippen LogP contribution in [0.3, 0.4) is 0 Å². The van der Waals surface area contributed by atoms with Crippen molar-refractivity contribution in [3.8, 4) is 11.5 Å². The maximum absolute atomic E-state index is 8.88. The maximum Gasteiger partial charge on any atom is 0.204 e. The Morgan fingerprint density at radius 2 is 2.22 bits per heavy atom. The molecule has 0 aliphatic rings. The van der Waals surface area contributed by atoms with Gasteiger partial charge in [-0.3, -0.25) is 0 Å². The van der Waals surface area contributed by atoms with Crippen LogP contribution in [0.5, 0.6) is 11.5 Å². The van der Waals surface area contributed by atoms with Crippen LogP contribution in [0.15, 0.2) is 24.3 Å². The van der Waals surface area contributed by atoms with Crippen LogP contribution in [-0.2, 0) is 0 Å². The van der Waals surface area contributed by atoms with Gasteiger partial charge in [-0.1, -0.05) is 6.07 Å². The van der Waals surface area contributed by atoms with E-state index in [9.17, 15) is 0 Å². The number of benzene rings is 1. The van der Waals surface area contributed by atoms with Crippen molar-refractivity contribution in [2.45, 2.75) is 0 Å². The van der Waals surface area contributed by atoms with Crippen molar-refractivity contribution in [3.63, 3.8) is 0 Å². The fourth-order valence-corrected chi connectivity index (χ4v) is 0.864. The lowest BCUT2D eigenvalue weighted by Crippen LogP contribution is -1.82. The number of phenols is 1. The molecule has 0 aliphatic heterocycles. The molecule has 1 rings (SSSR count). The first-order valence-corrected chi connectivity index (χ1v) is 3.47. The van der Waals surface area contributed by atoms with Crippen LogP contribution < -0.4 is 4.43 Å². The highest BCUT2D eigenvalue weighted by atomic mass is 28.2. The van der Waals surface area contributed by atoms with Crippen molar-refractivity contribution in [1.82, 2.24) is 0 Å². The summed E-state index contributed by atoms with van der Waals surface area (Å²) in [4.78, 5) is 0. The van der Waals surface area contributed by atoms with Gasteiger partial charge in [0.1, 0.15) is 11.5 Å². The minimum atomic E-state index is 0.253. The molecular formula is C6H8O2Si. The van der Waals surface area contributed by atoms with Crippen LogP contribution in [0.4, 0.5) is 0 Å². The first-order chi connectivity index (χ1) is 4.33. The zero-order chi connectivity index (χ0) is 6.69. The van der Waals surface area contributed by atoms with Crippen LogP contribution in [0.25, 0.3) is 0 Å². The summed E-state index contributed by atoms with van der Waals surface area (Å²) in [6.45, 7) is 0. The number of hydrogen-bond acceptors (Lipinski definition) is 2. The molecule has 1 N–H and O–H groups in total. The summed E-state index contributed by atoms with van der Waals surface area (Å²) in [6, 6.07) is 6.77. The first-order valence-electron chi connectivity index (χ1n) is 2.66. The molecule has 0 spiro atoms. The molecule has 0 radical (unpaired) electrons. The SMILES string of the molecule is Oc1cccc(O[SiH3])c1. The van der Waals surface area contributed by atoms with Gasteiger partial charge >= 0.3 is 0 Å². The van der Waals surface area contributed by atoms with Crippen molar-refractivity contribution >= 4 is 10.5 Å². The van der Waals surface area contributed by atoms with E-state index in [2.05, 4.69) is 0 Å². The number of rotatable bonds is 1. The van der Waals surface area contributed by atoms with Gasteiger partial charge in [-0.2, -0.15) is 0 Å². The van der Waals surface area contributed by atoms with Gasteiger partial charge in [0.25, 0.3) is 0 Å². The topological polar surface area (TPSA) is 29.5 Å². The fraction of sp³-hybridized carbons (Fsp3) is 0. The van der Waals surface area contributed by atoms with Crippen LogP contribution in [0.2, 0.25) is 0 Å². The maximum atomic E-state index is 8.88. The quantitative estimate of drug-likeness (QED) is 0.559. The molecule has 3 heteroatoms. The summed E-state index contributed by atoms with van der Waals surface area (Å²) in [7, 11) is 0.663. The Hall–Kier alpha value is -0.963. The van der Waals surface area contributed by atoms with E-state index >= 15 is 0 Å². The number of phenolic OH excluding ortho intramolecular Hbond substituents is 1. The second-order valence-electron chi connectivity index (χ2n) is 1.70. The van der Waals surface area contributed by atoms with E-state index in [1.165, 1.54) is 0 Å². The Bertz CT molecular complexity index is 200. The second kappa shape index (κ2) is 2.55. The second-order valence-corrected chi connectivity index (χ2v) is 2.11. The minimum absolute atomic E-state index is 0.253. The van der Waals surface area contributed by atoms with Gasteiger partial charge in [0.05, 0.1) is 0 Å². The lowest BCUT2D eigenvalue weighted by molar-refractivity contribution is 0.471. The molecule has 0 heterocycles. The first kappa shape index (κ1) is 6.16. The van der Waals surface area contributed by atoms with E-state index in [-0.39, 0.29) is 5.75 Å². The minimum Gasteiger partial charge on any atom is -0.553 e. The Morgan fingerprint density at radius 3 is 2.67 bits per heavy atom. The molecular weight excluding hydrogens is 132 g/mol. The van der Waals surface area contributed by atoms with Crippen LogP contribution in [0.1, 0.15) is 0 Å². The molecule has 9 heavy (non-hydrogen) atoms. The van der Waals surface area contributed by atoms with E-state index in [1.807, 2.05) is 6.07 Å². The lowest BCUT2D eigenvalue weighted by Gasteiger charge is -1.98. The van der Waals surface area contributed by atoms with E-state index in [1.54, 1.807) is 18.2 Å². The van der Waals surface area contributed by atoms with Crippen LogP contribution in [0, 0.1) is 0 Å². The van der Waals surface area contributed by atoms with Gasteiger partial charge in [-0.05, 0) is 12.1 Å². The summed E-state index contributed by atoms with van der Waals surface area (Å²) in [5, 5.41) is 8.88. The third kappa shape index (κ3) is 1.47. The van der Waals surface area contributed by atoms with Crippen LogP contribution >= 0.6 is 0 Å². The Kier molecular flexibility index (Phi) is 1.74. The van der Waals surface area contributed by atoms with Gasteiger partial charge in [-0.15, -0.1) is 0 Å². The summed E-state index contributed by atoms with van der Waals surface area (Å²) in [5.41, 5.74) is 0. The number of aromatic hydroxyl groups is 1. The molecule has 2 nitrogen and oxygen atoms in total. The molecule has 0 saturated heterocycles. The van der Waals surface area contributed by atoms with E-state index < -0.39 is 0 Å². The van der Waals surface area contributed by atoms with Gasteiger partial charge < -0.3 is 9.53 Å². The van der Waals surface area contributed by atoms with E-state index in [0.717, 1.165) is 5.75 Å². The normalized spacial score (nSPS) is 9.33. The monoisotopic (exact) mass is 140 g/mol. The highest BCUT2D eigenvalue weighted by Gasteiger charge is 1.88. The van der Waals surface area contributed by atoms with Crippen molar-refractivity contribution in [2.75, 3.05) is 0 Å². The summed E-state index contributed by atoms with van der Waals surface area (Å²) < 4.78 is 4.97. The average molecular weight is 140 g/mol. The van der Waals surface area contributed by atoms with Crippen LogP contribution in [-0.4, -0.2) is 15.6 Å². The van der Waals surface area contributed by atoms with Gasteiger partial charge in [0.15, 0.2) is 0 Å². The van der Waals surface area contributed by atoms with Crippen molar-refractivity contribution in [3.05, 3.63) is 24.3 Å². The molecule has 0 unspecified atom stereocenters. The van der Waals surface area contributed by atoms with Crippen molar-refractivity contribution < 1.29 is 9.53 Å². The Balaban J connectivity index is 2.94.